The Labute approximate surface area is 144 Å². The quantitative estimate of drug-likeness (QED) is 0.585. The average Bonchev–Trinajstić information content (AvgIpc) is 2.89. The van der Waals surface area contributed by atoms with Crippen molar-refractivity contribution in [2.75, 3.05) is 12.9 Å². The van der Waals surface area contributed by atoms with Crippen molar-refractivity contribution in [3.63, 3.8) is 0 Å². The number of aryl methyl sites for hydroxylation is 1. The predicted molar refractivity (Wildman–Crippen MR) is 89.0 cm³/mol. The van der Waals surface area contributed by atoms with Crippen LogP contribution in [0.4, 0.5) is 0 Å². The largest absolute Gasteiger partial charge is 0.481 e. The molecule has 0 amide bonds. The Morgan fingerprint density at radius 3 is 2.87 bits per heavy atom. The van der Waals surface area contributed by atoms with Crippen LogP contribution in [-0.4, -0.2) is 33.6 Å². The number of nitrogens with zero attached hydrogens (tertiary/aromatic N) is 3. The first-order valence-corrected chi connectivity index (χ1v) is 8.30. The summed E-state index contributed by atoms with van der Waals surface area (Å²) in [5, 5.41) is 9.39. The molecule has 0 N–H and O–H groups in total. The van der Waals surface area contributed by atoms with Gasteiger partial charge in [0.1, 0.15) is 5.75 Å². The molecule has 1 unspecified atom stereocenters. The van der Waals surface area contributed by atoms with Crippen LogP contribution in [0.25, 0.3) is 0 Å². The summed E-state index contributed by atoms with van der Waals surface area (Å²) in [7, 11) is 3.18. The minimum Gasteiger partial charge on any atom is -0.481 e. The molecule has 1 atom stereocenters. The van der Waals surface area contributed by atoms with Gasteiger partial charge in [-0.3, -0.25) is 4.79 Å². The fraction of sp³-hybridized carbons (Fsp3) is 0.400. The van der Waals surface area contributed by atoms with Crippen LogP contribution < -0.4 is 4.74 Å². The summed E-state index contributed by atoms with van der Waals surface area (Å²) >= 11 is 7.41. The molecule has 0 fully saturated rings. The highest BCUT2D eigenvalue weighted by atomic mass is 35.5. The smallest absolute Gasteiger partial charge is 0.316 e. The molecule has 0 saturated heterocycles. The number of methoxy groups -OCH3 is 1. The van der Waals surface area contributed by atoms with Crippen molar-refractivity contribution in [1.29, 1.82) is 0 Å². The van der Waals surface area contributed by atoms with Crippen molar-refractivity contribution in [2.45, 2.75) is 25.1 Å². The van der Waals surface area contributed by atoms with Gasteiger partial charge in [-0.05, 0) is 31.5 Å². The first-order chi connectivity index (χ1) is 10.9. The molecule has 0 aliphatic carbocycles. The molecule has 0 bridgehead atoms. The Morgan fingerprint density at radius 2 is 2.17 bits per heavy atom. The van der Waals surface area contributed by atoms with Crippen molar-refractivity contribution < 1.29 is 14.3 Å². The number of hydrogen-bond acceptors (Lipinski definition) is 6. The summed E-state index contributed by atoms with van der Waals surface area (Å²) in [4.78, 5) is 11.2. The van der Waals surface area contributed by atoms with E-state index in [1.165, 1.54) is 18.9 Å². The second kappa shape index (κ2) is 7.70. The van der Waals surface area contributed by atoms with Crippen molar-refractivity contribution in [1.82, 2.24) is 14.8 Å². The molecule has 0 spiro atoms. The number of carbonyl (C=O) groups excluding carboxylic acids is 1. The van der Waals surface area contributed by atoms with Crippen molar-refractivity contribution in [3.8, 4) is 5.75 Å². The van der Waals surface area contributed by atoms with Gasteiger partial charge >= 0.3 is 5.97 Å². The number of aromatic nitrogens is 3. The summed E-state index contributed by atoms with van der Waals surface area (Å²) in [6.45, 7) is 3.84. The van der Waals surface area contributed by atoms with Gasteiger partial charge in [0.05, 0.1) is 17.9 Å². The van der Waals surface area contributed by atoms with E-state index < -0.39 is 0 Å². The zero-order valence-corrected chi connectivity index (χ0v) is 14.9. The molecule has 124 valence electrons. The van der Waals surface area contributed by atoms with Crippen LogP contribution in [0.5, 0.6) is 5.75 Å². The van der Waals surface area contributed by atoms with E-state index in [0.717, 1.165) is 5.56 Å². The third-order valence-corrected chi connectivity index (χ3v) is 4.48. The van der Waals surface area contributed by atoms with Gasteiger partial charge in [0.2, 0.25) is 0 Å². The minimum atomic E-state index is -0.334. The highest BCUT2D eigenvalue weighted by Gasteiger charge is 2.19. The molecule has 2 rings (SSSR count). The number of halogens is 1. The number of thioether (sulfide) groups is 1. The first kappa shape index (κ1) is 17.6. The van der Waals surface area contributed by atoms with E-state index in [4.69, 9.17) is 16.3 Å². The predicted octanol–water partition coefficient (Wildman–Crippen LogP) is 3.18. The Bertz CT molecular complexity index is 705. The van der Waals surface area contributed by atoms with Crippen LogP contribution in [0.3, 0.4) is 0 Å². The second-order valence-corrected chi connectivity index (χ2v) is 6.31. The van der Waals surface area contributed by atoms with Crippen LogP contribution in [0.15, 0.2) is 23.4 Å². The van der Waals surface area contributed by atoms with E-state index in [9.17, 15) is 4.79 Å². The van der Waals surface area contributed by atoms with Crippen LogP contribution in [0, 0.1) is 6.92 Å². The molecule has 6 nitrogen and oxygen atoms in total. The van der Waals surface area contributed by atoms with Gasteiger partial charge in [-0.25, -0.2) is 0 Å². The van der Waals surface area contributed by atoms with Gasteiger partial charge < -0.3 is 14.0 Å². The van der Waals surface area contributed by atoms with E-state index in [1.54, 1.807) is 10.6 Å². The van der Waals surface area contributed by atoms with Gasteiger partial charge in [0, 0.05) is 7.05 Å². The summed E-state index contributed by atoms with van der Waals surface area (Å²) in [5.41, 5.74) is 1.06. The molecule has 1 heterocycles. The lowest BCUT2D eigenvalue weighted by atomic mass is 10.2. The highest BCUT2D eigenvalue weighted by Crippen LogP contribution is 2.30. The summed E-state index contributed by atoms with van der Waals surface area (Å²) in [6.07, 6.45) is -0.334. The summed E-state index contributed by atoms with van der Waals surface area (Å²) < 4.78 is 12.3. The topological polar surface area (TPSA) is 66.2 Å². The van der Waals surface area contributed by atoms with E-state index in [1.807, 2.05) is 33.0 Å². The monoisotopic (exact) mass is 355 g/mol. The summed E-state index contributed by atoms with van der Waals surface area (Å²) in [6, 6.07) is 5.60. The lowest BCUT2D eigenvalue weighted by Crippen LogP contribution is -2.11. The molecular formula is C15H18ClN3O3S. The molecule has 8 heteroatoms. The number of ether oxygens (including phenoxy) is 2. The van der Waals surface area contributed by atoms with E-state index >= 15 is 0 Å². The lowest BCUT2D eigenvalue weighted by molar-refractivity contribution is -0.137. The maximum atomic E-state index is 11.2. The van der Waals surface area contributed by atoms with Crippen LogP contribution in [-0.2, 0) is 16.6 Å². The van der Waals surface area contributed by atoms with Gasteiger partial charge in [-0.2, -0.15) is 0 Å². The average molecular weight is 356 g/mol. The Hall–Kier alpha value is -1.73. The molecule has 0 aliphatic heterocycles. The van der Waals surface area contributed by atoms with Gasteiger partial charge in [-0.1, -0.05) is 29.4 Å². The van der Waals surface area contributed by atoms with Crippen molar-refractivity contribution in [2.24, 2.45) is 7.05 Å². The molecule has 0 radical (unpaired) electrons. The number of hydrogen-bond donors (Lipinski definition) is 0. The summed E-state index contributed by atoms with van der Waals surface area (Å²) in [5.74, 6) is 1.12. The number of carbonyl (C=O) groups is 1. The van der Waals surface area contributed by atoms with E-state index in [0.29, 0.717) is 21.8 Å². The number of benzene rings is 1. The standard InChI is InChI=1S/C15H18ClN3O3S/c1-9-5-6-11(16)12(7-9)22-10(2)14-17-18-15(19(14)3)23-8-13(20)21-4/h5-7,10H,8H2,1-4H3. The molecule has 1 aromatic carbocycles. The number of esters is 1. The maximum absolute atomic E-state index is 11.2. The molecular weight excluding hydrogens is 338 g/mol. The molecule has 23 heavy (non-hydrogen) atoms. The third kappa shape index (κ3) is 4.39. The third-order valence-electron chi connectivity index (χ3n) is 3.17. The van der Waals surface area contributed by atoms with Gasteiger partial charge in [0.25, 0.3) is 0 Å². The van der Waals surface area contributed by atoms with Crippen molar-refractivity contribution in [3.05, 3.63) is 34.6 Å². The Kier molecular flexibility index (Phi) is 5.90. The van der Waals surface area contributed by atoms with E-state index in [-0.39, 0.29) is 17.8 Å². The fourth-order valence-electron chi connectivity index (χ4n) is 1.93. The normalized spacial score (nSPS) is 12.0. The van der Waals surface area contributed by atoms with Crippen LogP contribution in [0.2, 0.25) is 5.02 Å². The molecule has 2 aromatic rings. The maximum Gasteiger partial charge on any atom is 0.316 e. The first-order valence-electron chi connectivity index (χ1n) is 6.94. The fourth-order valence-corrected chi connectivity index (χ4v) is 2.84. The van der Waals surface area contributed by atoms with Crippen molar-refractivity contribution >= 4 is 29.3 Å². The second-order valence-electron chi connectivity index (χ2n) is 4.96. The lowest BCUT2D eigenvalue weighted by Gasteiger charge is -2.15. The van der Waals surface area contributed by atoms with Crippen LogP contribution >= 0.6 is 23.4 Å². The zero-order chi connectivity index (χ0) is 17.0. The van der Waals surface area contributed by atoms with Crippen LogP contribution in [0.1, 0.15) is 24.4 Å². The number of rotatable bonds is 6. The van der Waals surface area contributed by atoms with Gasteiger partial charge in [0.15, 0.2) is 17.1 Å². The molecule has 0 saturated carbocycles. The molecule has 1 aromatic heterocycles. The Morgan fingerprint density at radius 1 is 1.43 bits per heavy atom. The highest BCUT2D eigenvalue weighted by molar-refractivity contribution is 7.99. The molecule has 0 aliphatic rings. The zero-order valence-electron chi connectivity index (χ0n) is 13.4. The van der Waals surface area contributed by atoms with E-state index in [2.05, 4.69) is 14.9 Å². The Balaban J connectivity index is 2.11. The minimum absolute atomic E-state index is 0.182. The SMILES string of the molecule is COC(=O)CSc1nnc(C(C)Oc2cc(C)ccc2Cl)n1C. The van der Waals surface area contributed by atoms with Gasteiger partial charge in [-0.15, -0.1) is 10.2 Å².